The number of pyridine rings is 1. The van der Waals surface area contributed by atoms with E-state index in [0.717, 1.165) is 89.2 Å². The highest BCUT2D eigenvalue weighted by Gasteiger charge is 2.47. The molecule has 4 saturated heterocycles. The van der Waals surface area contributed by atoms with Gasteiger partial charge in [0, 0.05) is 106 Å². The fraction of sp³-hybridized carbons (Fsp3) is 0.544. The number of β-amino-alcohol motifs (C(OH)–C–C–N with tert-alkyl or cyclic N) is 1. The molecule has 2 aliphatic carbocycles. The van der Waals surface area contributed by atoms with Gasteiger partial charge in [0.25, 0.3) is 5.91 Å². The molecule has 15 nitrogen and oxygen atoms in total. The van der Waals surface area contributed by atoms with Crippen LogP contribution in [-0.2, 0) is 22.6 Å². The summed E-state index contributed by atoms with van der Waals surface area (Å²) < 4.78 is 38.9. The van der Waals surface area contributed by atoms with Gasteiger partial charge in [-0.1, -0.05) is 13.0 Å². The Kier molecular flexibility index (Phi) is 12.5. The largest absolute Gasteiger partial charge is 0.508 e. The average molecular weight is 1010 g/mol. The number of rotatable bonds is 11. The summed E-state index contributed by atoms with van der Waals surface area (Å²) >= 11 is 0. The van der Waals surface area contributed by atoms with Gasteiger partial charge in [-0.25, -0.2) is 8.78 Å². The number of anilines is 2. The third-order valence-corrected chi connectivity index (χ3v) is 18.0. The summed E-state index contributed by atoms with van der Waals surface area (Å²) in [7, 11) is 0. The molecule has 1 unspecified atom stereocenters. The van der Waals surface area contributed by atoms with Crippen LogP contribution in [0.4, 0.5) is 20.3 Å². The number of hydrogen-bond donors (Lipinski definition) is 3. The van der Waals surface area contributed by atoms with E-state index >= 15 is 8.78 Å². The van der Waals surface area contributed by atoms with Crippen molar-refractivity contribution in [1.82, 2.24) is 35.0 Å². The zero-order chi connectivity index (χ0) is 51.1. The van der Waals surface area contributed by atoms with E-state index in [1.165, 1.54) is 37.8 Å². The number of phenolic OH excluding ortho intramolecular Hbond substituents is 1. The molecule has 3 aromatic carbocycles. The second kappa shape index (κ2) is 19.0. The van der Waals surface area contributed by atoms with Crippen molar-refractivity contribution >= 4 is 50.9 Å². The number of nitrogens with one attached hydrogen (secondary N) is 1. The van der Waals surface area contributed by atoms with Crippen LogP contribution in [0.3, 0.4) is 0 Å². The van der Waals surface area contributed by atoms with E-state index in [0.29, 0.717) is 90.1 Å². The van der Waals surface area contributed by atoms with Crippen LogP contribution >= 0.6 is 0 Å². The highest BCUT2D eigenvalue weighted by atomic mass is 19.1. The van der Waals surface area contributed by atoms with Crippen LogP contribution < -0.4 is 19.9 Å². The van der Waals surface area contributed by atoms with Gasteiger partial charge >= 0.3 is 6.01 Å². The predicted molar refractivity (Wildman–Crippen MR) is 277 cm³/mol. The normalized spacial score (nSPS) is 24.5. The Balaban J connectivity index is 0.668. The van der Waals surface area contributed by atoms with Gasteiger partial charge in [-0.05, 0) is 148 Å². The fourth-order valence-corrected chi connectivity index (χ4v) is 13.5. The number of fused-ring (bicyclic) bond motifs is 3. The van der Waals surface area contributed by atoms with E-state index in [4.69, 9.17) is 14.7 Å². The van der Waals surface area contributed by atoms with Gasteiger partial charge < -0.3 is 34.5 Å². The smallest absolute Gasteiger partial charge is 0.319 e. The van der Waals surface area contributed by atoms with Crippen molar-refractivity contribution in [3.63, 3.8) is 0 Å². The SMILES string of the molecule is CCc1c(F)ccc2cc(O)cc(-c3ncc4c(N5CCC[C@@](C)(O)C5)nc(OCC5(CN6CCN(C7CCC8(CC7)CCN(c7ccc9c(c7)CN(C7CCC(=O)NC7=O)C9=O)CC8)CC6)CC5)nc4c3F)c12. The lowest BCUT2D eigenvalue weighted by atomic mass is 9.66. The molecule has 12 rings (SSSR count). The molecular weight excluding hydrogens is 945 g/mol. The molecule has 0 radical (unpaired) electrons. The van der Waals surface area contributed by atoms with Crippen molar-refractivity contribution < 1.29 is 38.1 Å². The molecule has 2 aromatic heterocycles. The van der Waals surface area contributed by atoms with Crippen LogP contribution in [0.15, 0.2) is 48.7 Å². The molecule has 7 heterocycles. The summed E-state index contributed by atoms with van der Waals surface area (Å²) in [5.41, 5.74) is 2.74. The average Bonchev–Trinajstić information content (AvgIpc) is 4.09. The summed E-state index contributed by atoms with van der Waals surface area (Å²) in [4.78, 5) is 63.1. The highest BCUT2D eigenvalue weighted by molar-refractivity contribution is 6.06. The van der Waals surface area contributed by atoms with Gasteiger partial charge in [-0.15, -0.1) is 0 Å². The molecule has 5 aliphatic heterocycles. The number of hydrogen-bond acceptors (Lipinski definition) is 13. The third-order valence-electron chi connectivity index (χ3n) is 18.0. The first kappa shape index (κ1) is 48.9. The minimum Gasteiger partial charge on any atom is -0.508 e. The van der Waals surface area contributed by atoms with E-state index in [9.17, 15) is 24.6 Å². The number of piperidine rings is 3. The van der Waals surface area contributed by atoms with Crippen molar-refractivity contribution in [2.24, 2.45) is 10.8 Å². The number of piperazine rings is 1. The summed E-state index contributed by atoms with van der Waals surface area (Å²) in [6.07, 6.45) is 13.2. The Morgan fingerprint density at radius 2 is 1.64 bits per heavy atom. The molecule has 5 aromatic rings. The van der Waals surface area contributed by atoms with Gasteiger partial charge in [0.05, 0.1) is 17.6 Å². The Hall–Kier alpha value is -6.04. The van der Waals surface area contributed by atoms with Crippen LogP contribution in [-0.4, -0.2) is 141 Å². The lowest BCUT2D eigenvalue weighted by Gasteiger charge is -2.49. The van der Waals surface area contributed by atoms with Crippen molar-refractivity contribution in [2.75, 3.05) is 75.3 Å². The lowest BCUT2D eigenvalue weighted by molar-refractivity contribution is -0.136. The number of aliphatic hydroxyl groups is 1. The Bertz CT molecular complexity index is 3050. The first-order valence-corrected chi connectivity index (χ1v) is 27.1. The number of ether oxygens (including phenoxy) is 1. The number of amides is 3. The summed E-state index contributed by atoms with van der Waals surface area (Å²) in [5.74, 6) is -1.56. The van der Waals surface area contributed by atoms with E-state index in [2.05, 4.69) is 37.1 Å². The molecule has 1 spiro atoms. The third kappa shape index (κ3) is 9.20. The number of carbonyl (C=O) groups excluding carboxylic acids is 3. The number of halogens is 2. The van der Waals surface area contributed by atoms with Gasteiger partial charge in [0.2, 0.25) is 11.8 Å². The van der Waals surface area contributed by atoms with Gasteiger partial charge in [-0.2, -0.15) is 9.97 Å². The Morgan fingerprint density at radius 1 is 0.851 bits per heavy atom. The van der Waals surface area contributed by atoms with Crippen LogP contribution in [0.1, 0.15) is 112 Å². The maximum Gasteiger partial charge on any atom is 0.319 e. The van der Waals surface area contributed by atoms with Gasteiger partial charge in [-0.3, -0.25) is 29.6 Å². The molecule has 6 fully saturated rings. The number of aromatic nitrogens is 3. The lowest BCUT2D eigenvalue weighted by Crippen LogP contribution is -2.53. The van der Waals surface area contributed by atoms with Crippen LogP contribution in [0.25, 0.3) is 32.9 Å². The van der Waals surface area contributed by atoms with Crippen LogP contribution in [0.2, 0.25) is 0 Å². The fourth-order valence-electron chi connectivity index (χ4n) is 13.5. The van der Waals surface area contributed by atoms with Crippen molar-refractivity contribution in [3.05, 3.63) is 77.0 Å². The van der Waals surface area contributed by atoms with Crippen LogP contribution in [0.5, 0.6) is 11.8 Å². The number of aryl methyl sites for hydroxylation is 1. The van der Waals surface area contributed by atoms with Gasteiger partial charge in [0.15, 0.2) is 5.82 Å². The molecule has 3 amide bonds. The topological polar surface area (TPSA) is 168 Å². The molecule has 17 heteroatoms. The predicted octanol–water partition coefficient (Wildman–Crippen LogP) is 7.51. The first-order chi connectivity index (χ1) is 35.7. The molecule has 7 aliphatic rings. The Labute approximate surface area is 430 Å². The summed E-state index contributed by atoms with van der Waals surface area (Å²) in [6, 6.07) is 12.1. The quantitative estimate of drug-likeness (QED) is 0.111. The number of imide groups is 1. The minimum atomic E-state index is -0.964. The molecule has 2 atom stereocenters. The standard InChI is InChI=1S/C57H67F2N9O6/c1-3-40-44(58)8-5-35-28-39(69)29-42(47(35)40)49-48(59)50-43(30-60-49)51(67-20-4-13-55(2,73)32-67)63-54(62-50)74-34-57(16-17-57)33-64-23-25-66(26-24-64)37-11-14-56(15-12-37)18-21-65(22-19-56)38-6-7-41-36(27-38)31-68(53(41)72)45-9-10-46(70)61-52(45)71/h5-8,27-30,37,45,69,73H,3-4,9-26,31-34H2,1-2H3,(H,61,70,71)/t45?,55-/m1/s1. The maximum atomic E-state index is 17.2. The minimum absolute atomic E-state index is 0.0173. The molecule has 2 saturated carbocycles. The number of phenols is 1. The number of nitrogens with zero attached hydrogens (tertiary/aromatic N) is 8. The zero-order valence-electron chi connectivity index (χ0n) is 42.6. The molecule has 74 heavy (non-hydrogen) atoms. The van der Waals surface area contributed by atoms with E-state index in [1.807, 2.05) is 17.9 Å². The number of aromatic hydroxyl groups is 1. The summed E-state index contributed by atoms with van der Waals surface area (Å²) in [6.45, 7) is 12.3. The first-order valence-electron chi connectivity index (χ1n) is 27.1. The van der Waals surface area contributed by atoms with E-state index < -0.39 is 23.3 Å². The zero-order valence-corrected chi connectivity index (χ0v) is 42.6. The van der Waals surface area contributed by atoms with Crippen molar-refractivity contribution in [1.29, 1.82) is 0 Å². The van der Waals surface area contributed by atoms with Gasteiger partial charge in [0.1, 0.15) is 34.6 Å². The van der Waals surface area contributed by atoms with E-state index in [-0.39, 0.29) is 58.1 Å². The van der Waals surface area contributed by atoms with E-state index in [1.54, 1.807) is 30.2 Å². The van der Waals surface area contributed by atoms with Crippen LogP contribution in [0, 0.1) is 22.5 Å². The number of benzene rings is 3. The Morgan fingerprint density at radius 3 is 2.36 bits per heavy atom. The highest BCUT2D eigenvalue weighted by Crippen LogP contribution is 2.49. The molecular formula is C57H67F2N9O6. The second-order valence-electron chi connectivity index (χ2n) is 23.1. The van der Waals surface area contributed by atoms with Crippen molar-refractivity contribution in [3.8, 4) is 23.0 Å². The molecule has 390 valence electrons. The second-order valence-corrected chi connectivity index (χ2v) is 23.1. The monoisotopic (exact) mass is 1010 g/mol. The molecule has 0 bridgehead atoms. The molecule has 3 N–H and O–H groups in total. The maximum absolute atomic E-state index is 17.2. The summed E-state index contributed by atoms with van der Waals surface area (Å²) in [5, 5.41) is 25.7. The van der Waals surface area contributed by atoms with Crippen molar-refractivity contribution in [2.45, 2.75) is 122 Å². The number of carbonyl (C=O) groups is 3.